The molecule has 1 aliphatic heterocycles. The Morgan fingerprint density at radius 2 is 1.92 bits per heavy atom. The van der Waals surface area contributed by atoms with Crippen molar-refractivity contribution in [3.05, 3.63) is 15.4 Å². The summed E-state index contributed by atoms with van der Waals surface area (Å²) in [6.07, 6.45) is 1.64. The topological polar surface area (TPSA) is 89.9 Å². The predicted octanol–water partition coefficient (Wildman–Crippen LogP) is 1.76. The number of rotatable bonds is 3. The summed E-state index contributed by atoms with van der Waals surface area (Å²) in [4.78, 5) is 31.7. The Hall–Kier alpha value is -1.83. The van der Waals surface area contributed by atoms with Gasteiger partial charge in [-0.1, -0.05) is 0 Å². The van der Waals surface area contributed by atoms with Crippen LogP contribution in [0.3, 0.4) is 0 Å². The first-order chi connectivity index (χ1) is 11.6. The Balaban J connectivity index is 2.13. The highest BCUT2D eigenvalue weighted by Crippen LogP contribution is 2.33. The number of amides is 2. The van der Waals surface area contributed by atoms with Crippen LogP contribution in [0, 0.1) is 0 Å². The number of hydrogen-bond donors (Lipinski definition) is 1. The first-order valence-electron chi connectivity index (χ1n) is 8.50. The number of ether oxygens (including phenoxy) is 1. The summed E-state index contributed by atoms with van der Waals surface area (Å²) in [6.45, 7) is 6.91. The van der Waals surface area contributed by atoms with E-state index in [-0.39, 0.29) is 18.4 Å². The maximum Gasteiger partial charge on any atom is 0.410 e. The average molecular weight is 369 g/mol. The molecule has 1 aromatic rings. The first-order valence-corrected chi connectivity index (χ1v) is 9.31. The van der Waals surface area contributed by atoms with Gasteiger partial charge in [0.15, 0.2) is 4.80 Å². The van der Waals surface area contributed by atoms with Crippen LogP contribution in [0.5, 0.6) is 0 Å². The molecular weight excluding hydrogens is 340 g/mol. The molecule has 1 aromatic heterocycles. The summed E-state index contributed by atoms with van der Waals surface area (Å²) in [6, 6.07) is 0. The lowest BCUT2D eigenvalue weighted by molar-refractivity contribution is -0.117. The minimum atomic E-state index is -0.484. The second-order valence-electron chi connectivity index (χ2n) is 7.36. The van der Waals surface area contributed by atoms with Crippen LogP contribution in [0.25, 0.3) is 0 Å². The van der Waals surface area contributed by atoms with Gasteiger partial charge in [-0.05, 0) is 39.5 Å². The summed E-state index contributed by atoms with van der Waals surface area (Å²) in [7, 11) is 3.66. The zero-order chi connectivity index (χ0) is 18.8. The molecule has 0 radical (unpaired) electrons. The molecule has 1 fully saturated rings. The van der Waals surface area contributed by atoms with E-state index in [2.05, 4.69) is 4.99 Å². The molecular formula is C17H28N4O3S. The largest absolute Gasteiger partial charge is 0.444 e. The van der Waals surface area contributed by atoms with E-state index in [1.54, 1.807) is 23.3 Å². The number of carbonyl (C=O) groups excluding carboxylic acids is 2. The monoisotopic (exact) mass is 368 g/mol. The maximum atomic E-state index is 12.2. The van der Waals surface area contributed by atoms with Crippen LogP contribution < -0.4 is 10.5 Å². The fourth-order valence-corrected chi connectivity index (χ4v) is 4.31. The summed E-state index contributed by atoms with van der Waals surface area (Å²) >= 11 is 1.61. The van der Waals surface area contributed by atoms with E-state index >= 15 is 0 Å². The van der Waals surface area contributed by atoms with E-state index in [0.29, 0.717) is 19.0 Å². The minimum absolute atomic E-state index is 0.212. The first kappa shape index (κ1) is 19.5. The van der Waals surface area contributed by atoms with E-state index < -0.39 is 5.60 Å². The summed E-state index contributed by atoms with van der Waals surface area (Å²) < 4.78 is 7.39. The fourth-order valence-electron chi connectivity index (χ4n) is 3.04. The van der Waals surface area contributed by atoms with E-state index in [1.165, 1.54) is 0 Å². The summed E-state index contributed by atoms with van der Waals surface area (Å²) in [5.41, 5.74) is 5.87. The second kappa shape index (κ2) is 7.59. The Morgan fingerprint density at radius 3 is 2.40 bits per heavy atom. The smallest absolute Gasteiger partial charge is 0.410 e. The third-order valence-electron chi connectivity index (χ3n) is 4.23. The lowest BCUT2D eigenvalue weighted by atomic mass is 9.93. The number of aromatic nitrogens is 1. The lowest BCUT2D eigenvalue weighted by Crippen LogP contribution is -2.41. The zero-order valence-corrected chi connectivity index (χ0v) is 16.5. The Labute approximate surface area is 152 Å². The van der Waals surface area contributed by atoms with Crippen molar-refractivity contribution in [3.8, 4) is 0 Å². The Bertz CT molecular complexity index is 706. The molecule has 8 heteroatoms. The fraction of sp³-hybridized carbons (Fsp3) is 0.706. The van der Waals surface area contributed by atoms with Crippen molar-refractivity contribution in [1.29, 1.82) is 0 Å². The third-order valence-corrected chi connectivity index (χ3v) is 5.66. The molecule has 2 rings (SSSR count). The lowest BCUT2D eigenvalue weighted by Gasteiger charge is -2.33. The summed E-state index contributed by atoms with van der Waals surface area (Å²) in [5.74, 6) is -0.0387. The summed E-state index contributed by atoms with van der Waals surface area (Å²) in [5, 5.41) is 0. The van der Waals surface area contributed by atoms with Gasteiger partial charge in [-0.2, -0.15) is 0 Å². The van der Waals surface area contributed by atoms with Gasteiger partial charge in [0, 0.05) is 37.8 Å². The van der Waals surface area contributed by atoms with Gasteiger partial charge in [0.25, 0.3) is 0 Å². The molecule has 0 bridgehead atoms. The van der Waals surface area contributed by atoms with Crippen molar-refractivity contribution in [2.75, 3.05) is 20.1 Å². The number of nitrogens with two attached hydrogens (primary N) is 1. The average Bonchev–Trinajstić information content (AvgIpc) is 2.82. The molecule has 0 aliphatic carbocycles. The highest BCUT2D eigenvalue weighted by Gasteiger charge is 2.30. The maximum absolute atomic E-state index is 12.2. The zero-order valence-electron chi connectivity index (χ0n) is 15.7. The van der Waals surface area contributed by atoms with Crippen molar-refractivity contribution in [2.45, 2.75) is 51.6 Å². The number of hydrogen-bond acceptors (Lipinski definition) is 5. The molecule has 1 aliphatic rings. The normalized spacial score (nSPS) is 17.0. The minimum Gasteiger partial charge on any atom is -0.444 e. The molecule has 25 heavy (non-hydrogen) atoms. The molecule has 0 unspecified atom stereocenters. The van der Waals surface area contributed by atoms with Gasteiger partial charge >= 0.3 is 6.09 Å². The molecule has 0 atom stereocenters. The second-order valence-corrected chi connectivity index (χ2v) is 8.37. The highest BCUT2D eigenvalue weighted by atomic mass is 32.1. The van der Waals surface area contributed by atoms with E-state index in [1.807, 2.05) is 32.4 Å². The molecule has 0 aromatic carbocycles. The van der Waals surface area contributed by atoms with Gasteiger partial charge in [-0.3, -0.25) is 9.79 Å². The van der Waals surface area contributed by atoms with Gasteiger partial charge in [-0.25, -0.2) is 4.79 Å². The number of thiazole rings is 1. The predicted molar refractivity (Wildman–Crippen MR) is 97.5 cm³/mol. The van der Waals surface area contributed by atoms with Gasteiger partial charge in [0.05, 0.1) is 6.42 Å². The van der Waals surface area contributed by atoms with Crippen LogP contribution in [0.2, 0.25) is 0 Å². The van der Waals surface area contributed by atoms with Crippen molar-refractivity contribution in [3.63, 3.8) is 0 Å². The van der Waals surface area contributed by atoms with Crippen LogP contribution in [-0.4, -0.2) is 47.2 Å². The van der Waals surface area contributed by atoms with Crippen molar-refractivity contribution >= 4 is 23.3 Å². The van der Waals surface area contributed by atoms with Crippen molar-refractivity contribution < 1.29 is 14.3 Å². The molecule has 2 amide bonds. The third kappa shape index (κ3) is 4.84. The van der Waals surface area contributed by atoms with Gasteiger partial charge in [0.1, 0.15) is 5.60 Å². The van der Waals surface area contributed by atoms with Crippen molar-refractivity contribution in [2.24, 2.45) is 17.8 Å². The van der Waals surface area contributed by atoms with Crippen molar-refractivity contribution in [1.82, 2.24) is 9.47 Å². The van der Waals surface area contributed by atoms with E-state index in [9.17, 15) is 9.59 Å². The van der Waals surface area contributed by atoms with E-state index in [4.69, 9.17) is 10.5 Å². The van der Waals surface area contributed by atoms with Crippen LogP contribution in [0.4, 0.5) is 4.79 Å². The van der Waals surface area contributed by atoms with Gasteiger partial charge in [-0.15, -0.1) is 11.3 Å². The molecule has 140 valence electrons. The Morgan fingerprint density at radius 1 is 1.32 bits per heavy atom. The number of piperidine rings is 1. The molecule has 0 spiro atoms. The Kier molecular flexibility index (Phi) is 5.92. The molecule has 2 heterocycles. The van der Waals surface area contributed by atoms with Crippen LogP contribution >= 0.6 is 11.3 Å². The van der Waals surface area contributed by atoms with Crippen LogP contribution in [0.1, 0.15) is 50.1 Å². The SMILES string of the molecule is CN=c1sc(C2CCN(C(=O)OC(C)(C)C)CC2)c(CC(N)=O)n1C. The number of carbonyl (C=O) groups is 2. The van der Waals surface area contributed by atoms with E-state index in [0.717, 1.165) is 28.2 Å². The molecule has 1 saturated heterocycles. The highest BCUT2D eigenvalue weighted by molar-refractivity contribution is 7.09. The number of nitrogens with zero attached hydrogens (tertiary/aromatic N) is 3. The number of likely N-dealkylation sites (tertiary alicyclic amines) is 1. The van der Waals surface area contributed by atoms with Crippen LogP contribution in [0.15, 0.2) is 4.99 Å². The number of primary amides is 1. The molecule has 0 saturated carbocycles. The van der Waals surface area contributed by atoms with Crippen LogP contribution in [-0.2, 0) is 23.0 Å². The molecule has 2 N–H and O–H groups in total. The quantitative estimate of drug-likeness (QED) is 0.881. The van der Waals surface area contributed by atoms with Gasteiger partial charge in [0.2, 0.25) is 5.91 Å². The molecule has 7 nitrogen and oxygen atoms in total. The standard InChI is InChI=1S/C17H28N4O3S/c1-17(2,3)24-16(23)21-8-6-11(7-9-21)14-12(10-13(18)22)20(5)15(19-4)25-14/h11H,6-10H2,1-5H3,(H2,18,22). The van der Waals surface area contributed by atoms with Gasteiger partial charge < -0.3 is 19.9 Å².